The van der Waals surface area contributed by atoms with Gasteiger partial charge in [0.1, 0.15) is 23.2 Å². The van der Waals surface area contributed by atoms with Crippen LogP contribution < -0.4 is 0 Å². The van der Waals surface area contributed by atoms with E-state index < -0.39 is 10.1 Å². The van der Waals surface area contributed by atoms with E-state index in [0.717, 1.165) is 55.9 Å². The summed E-state index contributed by atoms with van der Waals surface area (Å²) in [5, 5.41) is 0. The van der Waals surface area contributed by atoms with Gasteiger partial charge in [-0.25, -0.2) is 13.2 Å². The van der Waals surface area contributed by atoms with E-state index in [1.807, 2.05) is 6.92 Å². The summed E-state index contributed by atoms with van der Waals surface area (Å²) in [4.78, 5) is 10.7. The van der Waals surface area contributed by atoms with Gasteiger partial charge in [-0.05, 0) is 26.0 Å². The number of benzene rings is 1. The van der Waals surface area contributed by atoms with Gasteiger partial charge in [0, 0.05) is 12.5 Å². The lowest BCUT2D eigenvalue weighted by Gasteiger charge is -2.40. The van der Waals surface area contributed by atoms with Crippen molar-refractivity contribution >= 4 is 16.1 Å². The molecule has 152 valence electrons. The zero-order valence-corrected chi connectivity index (χ0v) is 16.9. The van der Waals surface area contributed by atoms with Crippen LogP contribution in [0.3, 0.4) is 0 Å². The Morgan fingerprint density at radius 1 is 1.30 bits per heavy atom. The molecule has 0 aromatic heterocycles. The van der Waals surface area contributed by atoms with Crippen LogP contribution >= 0.6 is 0 Å². The number of likely N-dealkylation sites (N-methyl/N-ethyl adjacent to an activating group) is 1. The molecule has 0 atom stereocenters. The van der Waals surface area contributed by atoms with Gasteiger partial charge in [-0.15, -0.1) is 0 Å². The van der Waals surface area contributed by atoms with E-state index in [0.29, 0.717) is 6.61 Å². The van der Waals surface area contributed by atoms with E-state index in [-0.39, 0.29) is 10.9 Å². The SMILES string of the molecule is C=CC(=O)OCCC[N+]1(CC)CCOCC1.Cc1ccc(S(=O)(=O)[O-])cc1. The van der Waals surface area contributed by atoms with Gasteiger partial charge < -0.3 is 18.5 Å². The number of carbonyl (C=O) groups is 1. The third-order valence-corrected chi connectivity index (χ3v) is 5.44. The number of rotatable bonds is 7. The number of carbonyl (C=O) groups excluding carboxylic acids is 1. The van der Waals surface area contributed by atoms with Gasteiger partial charge in [-0.3, -0.25) is 0 Å². The fourth-order valence-electron chi connectivity index (χ4n) is 2.76. The highest BCUT2D eigenvalue weighted by Crippen LogP contribution is 2.12. The van der Waals surface area contributed by atoms with Crippen LogP contribution in [0, 0.1) is 6.92 Å². The molecule has 2 rings (SSSR count). The van der Waals surface area contributed by atoms with Gasteiger partial charge in [0.2, 0.25) is 0 Å². The van der Waals surface area contributed by atoms with Gasteiger partial charge in [0.25, 0.3) is 0 Å². The summed E-state index contributed by atoms with van der Waals surface area (Å²) in [6.07, 6.45) is 2.12. The molecule has 0 amide bonds. The zero-order chi connectivity index (χ0) is 20.3. The van der Waals surface area contributed by atoms with Gasteiger partial charge in [-0.2, -0.15) is 0 Å². The zero-order valence-electron chi connectivity index (χ0n) is 16.1. The normalized spacial score (nSPS) is 16.0. The Morgan fingerprint density at radius 3 is 2.37 bits per heavy atom. The monoisotopic (exact) mass is 399 g/mol. The first-order chi connectivity index (χ1) is 12.7. The van der Waals surface area contributed by atoms with Crippen molar-refractivity contribution in [3.05, 3.63) is 42.5 Å². The van der Waals surface area contributed by atoms with Gasteiger partial charge >= 0.3 is 5.97 Å². The molecule has 0 N–H and O–H groups in total. The highest BCUT2D eigenvalue weighted by Gasteiger charge is 2.27. The minimum atomic E-state index is -4.27. The summed E-state index contributed by atoms with van der Waals surface area (Å²) in [5.41, 5.74) is 0.928. The van der Waals surface area contributed by atoms with Crippen LogP contribution in [0.1, 0.15) is 18.9 Å². The first-order valence-corrected chi connectivity index (χ1v) is 10.4. The van der Waals surface area contributed by atoms with Gasteiger partial charge in [0.05, 0.1) is 37.8 Å². The predicted molar refractivity (Wildman–Crippen MR) is 101 cm³/mol. The molecule has 0 spiro atoms. The molecule has 0 saturated carbocycles. The summed E-state index contributed by atoms with van der Waals surface area (Å²) >= 11 is 0. The van der Waals surface area contributed by atoms with Crippen molar-refractivity contribution in [2.75, 3.05) is 46.0 Å². The maximum Gasteiger partial charge on any atom is 0.330 e. The molecule has 0 bridgehead atoms. The lowest BCUT2D eigenvalue weighted by atomic mass is 10.2. The summed E-state index contributed by atoms with van der Waals surface area (Å²) in [6, 6.07) is 5.78. The molecule has 1 aromatic rings. The van der Waals surface area contributed by atoms with Crippen LogP contribution in [0.5, 0.6) is 0 Å². The van der Waals surface area contributed by atoms with Crippen molar-refractivity contribution in [1.82, 2.24) is 0 Å². The number of hydrogen-bond acceptors (Lipinski definition) is 6. The average molecular weight is 400 g/mol. The third kappa shape index (κ3) is 8.66. The van der Waals surface area contributed by atoms with Gasteiger partial charge in [-0.1, -0.05) is 24.3 Å². The molecular formula is C19H29NO6S. The quantitative estimate of drug-likeness (QED) is 0.228. The summed E-state index contributed by atoms with van der Waals surface area (Å²) in [7, 11) is -4.27. The number of aryl methyl sites for hydroxylation is 1. The molecule has 0 aliphatic carbocycles. The Bertz CT molecular complexity index is 693. The topological polar surface area (TPSA) is 92.7 Å². The van der Waals surface area contributed by atoms with Crippen LogP contribution in [-0.4, -0.2) is 69.4 Å². The van der Waals surface area contributed by atoms with Crippen LogP contribution in [0.15, 0.2) is 41.8 Å². The van der Waals surface area contributed by atoms with Crippen molar-refractivity contribution in [3.8, 4) is 0 Å². The number of morpholine rings is 1. The number of ether oxygens (including phenoxy) is 2. The Balaban J connectivity index is 0.000000289. The molecule has 8 heteroatoms. The van der Waals surface area contributed by atoms with E-state index in [1.54, 1.807) is 12.1 Å². The van der Waals surface area contributed by atoms with Crippen LogP contribution in [0.4, 0.5) is 0 Å². The highest BCUT2D eigenvalue weighted by molar-refractivity contribution is 7.85. The molecule has 1 fully saturated rings. The predicted octanol–water partition coefficient (Wildman–Crippen LogP) is 1.87. The van der Waals surface area contributed by atoms with Crippen molar-refractivity contribution in [3.63, 3.8) is 0 Å². The maximum absolute atomic E-state index is 10.8. The van der Waals surface area contributed by atoms with Gasteiger partial charge in [0.15, 0.2) is 0 Å². The van der Waals surface area contributed by atoms with Crippen molar-refractivity contribution in [2.24, 2.45) is 0 Å². The van der Waals surface area contributed by atoms with Crippen molar-refractivity contribution in [1.29, 1.82) is 0 Å². The number of esters is 1. The molecule has 1 aromatic carbocycles. The molecule has 1 saturated heterocycles. The first-order valence-electron chi connectivity index (χ1n) is 8.97. The Labute approximate surface area is 161 Å². The van der Waals surface area contributed by atoms with E-state index in [9.17, 15) is 17.8 Å². The van der Waals surface area contributed by atoms with E-state index in [2.05, 4.69) is 13.5 Å². The second kappa shape index (κ2) is 11.2. The van der Waals surface area contributed by atoms with Crippen LogP contribution in [0.25, 0.3) is 0 Å². The van der Waals surface area contributed by atoms with Crippen LogP contribution in [-0.2, 0) is 24.4 Å². The Morgan fingerprint density at radius 2 is 1.89 bits per heavy atom. The summed E-state index contributed by atoms with van der Waals surface area (Å²) in [6.45, 7) is 13.9. The Kier molecular flexibility index (Phi) is 9.65. The first kappa shape index (κ1) is 23.3. The average Bonchev–Trinajstić information content (AvgIpc) is 2.66. The minimum absolute atomic E-state index is 0.178. The van der Waals surface area contributed by atoms with Crippen molar-refractivity contribution in [2.45, 2.75) is 25.2 Å². The van der Waals surface area contributed by atoms with Crippen LogP contribution in [0.2, 0.25) is 0 Å². The smallest absolute Gasteiger partial charge is 0.330 e. The Hall–Kier alpha value is -1.74. The van der Waals surface area contributed by atoms with E-state index in [4.69, 9.17) is 9.47 Å². The molecule has 0 radical (unpaired) electrons. The minimum Gasteiger partial charge on any atom is -0.744 e. The second-order valence-corrected chi connectivity index (χ2v) is 7.81. The number of hydrogen-bond donors (Lipinski definition) is 0. The highest BCUT2D eigenvalue weighted by atomic mass is 32.2. The summed E-state index contributed by atoms with van der Waals surface area (Å²) in [5.74, 6) is -0.329. The number of nitrogens with zero attached hydrogens (tertiary/aromatic N) is 1. The third-order valence-electron chi connectivity index (χ3n) is 4.59. The number of quaternary nitrogens is 1. The molecule has 0 unspecified atom stereocenters. The standard InChI is InChI=1S/C12H22NO3.C7H8O3S/c1-3-12(14)16-9-5-6-13(4-2)7-10-15-11-8-13;1-6-2-4-7(5-3-6)11(8,9)10/h3H,1,4-11H2,2H3;2-5H,1H3,(H,8,9,10)/q+1;/p-1. The molecule has 7 nitrogen and oxygen atoms in total. The largest absolute Gasteiger partial charge is 0.744 e. The summed E-state index contributed by atoms with van der Waals surface area (Å²) < 4.78 is 42.6. The van der Waals surface area contributed by atoms with E-state index >= 15 is 0 Å². The van der Waals surface area contributed by atoms with E-state index in [1.165, 1.54) is 18.2 Å². The van der Waals surface area contributed by atoms with Crippen molar-refractivity contribution < 1.29 is 31.7 Å². The molecule has 27 heavy (non-hydrogen) atoms. The fraction of sp³-hybridized carbons (Fsp3) is 0.526. The maximum atomic E-state index is 10.8. The molecular weight excluding hydrogens is 370 g/mol. The molecule has 1 heterocycles. The lowest BCUT2D eigenvalue weighted by Crippen LogP contribution is -2.55. The molecule has 1 aliphatic rings. The molecule has 1 aliphatic heterocycles. The fourth-order valence-corrected chi connectivity index (χ4v) is 3.23. The lowest BCUT2D eigenvalue weighted by molar-refractivity contribution is -0.933. The second-order valence-electron chi connectivity index (χ2n) is 6.43.